The smallest absolute Gasteiger partial charge is 0.274 e. The fraction of sp³-hybridized carbons (Fsp3) is 0.0870. The van der Waals surface area contributed by atoms with E-state index in [4.69, 9.17) is 0 Å². The number of benzene rings is 3. The van der Waals surface area contributed by atoms with Crippen LogP contribution in [0.15, 0.2) is 96.0 Å². The summed E-state index contributed by atoms with van der Waals surface area (Å²) in [7, 11) is 0. The zero-order valence-corrected chi connectivity index (χ0v) is 15.1. The Morgan fingerprint density at radius 3 is 2.07 bits per heavy atom. The first-order valence-electron chi connectivity index (χ1n) is 9.04. The van der Waals surface area contributed by atoms with Crippen molar-refractivity contribution in [1.82, 2.24) is 10.6 Å². The summed E-state index contributed by atoms with van der Waals surface area (Å²) in [6.07, 6.45) is 0.259. The number of amides is 2. The highest BCUT2D eigenvalue weighted by Crippen LogP contribution is 2.23. The van der Waals surface area contributed by atoms with Crippen LogP contribution in [0.3, 0.4) is 0 Å². The molecule has 1 aliphatic rings. The van der Waals surface area contributed by atoms with Crippen LogP contribution >= 0.6 is 0 Å². The predicted molar refractivity (Wildman–Crippen MR) is 108 cm³/mol. The molecule has 0 aromatic heterocycles. The molecule has 138 valence electrons. The minimum atomic E-state index is -1.40. The molecule has 0 saturated carbocycles. The number of hydrogen-bond acceptors (Lipinski definition) is 3. The molecule has 0 radical (unpaired) electrons. The van der Waals surface area contributed by atoms with Gasteiger partial charge in [-0.1, -0.05) is 78.9 Å². The second-order valence-electron chi connectivity index (χ2n) is 6.62. The Labute approximate surface area is 163 Å². The highest BCUT2D eigenvalue weighted by atomic mass is 16.2. The van der Waals surface area contributed by atoms with Crippen LogP contribution in [-0.4, -0.2) is 23.3 Å². The van der Waals surface area contributed by atoms with E-state index in [9.17, 15) is 9.59 Å². The van der Waals surface area contributed by atoms with Crippen LogP contribution in [-0.2, 0) is 11.2 Å². The number of aliphatic imine (C=N–C) groups is 1. The van der Waals surface area contributed by atoms with Crippen molar-refractivity contribution in [2.45, 2.75) is 12.1 Å². The van der Waals surface area contributed by atoms with Gasteiger partial charge in [0.2, 0.25) is 5.66 Å². The highest BCUT2D eigenvalue weighted by Gasteiger charge is 2.45. The quantitative estimate of drug-likeness (QED) is 0.726. The predicted octanol–water partition coefficient (Wildman–Crippen LogP) is 2.93. The van der Waals surface area contributed by atoms with Gasteiger partial charge in [0.15, 0.2) is 0 Å². The van der Waals surface area contributed by atoms with Crippen LogP contribution in [0, 0.1) is 0 Å². The van der Waals surface area contributed by atoms with E-state index in [2.05, 4.69) is 15.6 Å². The molecule has 3 aromatic carbocycles. The van der Waals surface area contributed by atoms with Gasteiger partial charge >= 0.3 is 0 Å². The minimum absolute atomic E-state index is 0.259. The number of amidine groups is 1. The molecule has 1 unspecified atom stereocenters. The minimum Gasteiger partial charge on any atom is -0.320 e. The van der Waals surface area contributed by atoms with Crippen LogP contribution < -0.4 is 10.6 Å². The van der Waals surface area contributed by atoms with Gasteiger partial charge < -0.3 is 10.6 Å². The number of carbonyl (C=O) groups excluding carboxylic acids is 2. The number of nitrogens with one attached hydrogen (secondary N) is 2. The van der Waals surface area contributed by atoms with Crippen LogP contribution in [0.4, 0.5) is 0 Å². The van der Waals surface area contributed by atoms with Gasteiger partial charge in [-0.15, -0.1) is 0 Å². The maximum absolute atomic E-state index is 13.0. The number of nitrogens with zero attached hydrogens (tertiary/aromatic N) is 1. The first-order chi connectivity index (χ1) is 13.7. The molecule has 2 amide bonds. The van der Waals surface area contributed by atoms with Gasteiger partial charge in [-0.05, 0) is 17.7 Å². The standard InChI is InChI=1S/C23H19N3O2/c27-21(19-14-8-3-9-15-19)26-23(16-17-10-4-1-5-11-17)22(28)24-20(25-23)18-12-6-2-7-13-18/h1-15H,16H2,(H,26,27)(H,24,25,28). The average molecular weight is 369 g/mol. The van der Waals surface area contributed by atoms with E-state index < -0.39 is 5.66 Å². The van der Waals surface area contributed by atoms with E-state index in [1.165, 1.54) is 0 Å². The Morgan fingerprint density at radius 2 is 1.43 bits per heavy atom. The molecule has 0 saturated heterocycles. The Balaban J connectivity index is 1.72. The molecule has 0 bridgehead atoms. The summed E-state index contributed by atoms with van der Waals surface area (Å²) in [5.41, 5.74) is 0.773. The van der Waals surface area contributed by atoms with E-state index >= 15 is 0 Å². The third kappa shape index (κ3) is 3.55. The molecule has 2 N–H and O–H groups in total. The van der Waals surface area contributed by atoms with Crippen LogP contribution in [0.2, 0.25) is 0 Å². The van der Waals surface area contributed by atoms with Gasteiger partial charge in [0.05, 0.1) is 0 Å². The monoisotopic (exact) mass is 369 g/mol. The van der Waals surface area contributed by atoms with Crippen molar-refractivity contribution in [2.75, 3.05) is 0 Å². The average Bonchev–Trinajstić information content (AvgIpc) is 3.06. The summed E-state index contributed by atoms with van der Waals surface area (Å²) >= 11 is 0. The Kier molecular flexibility index (Phi) is 4.72. The molecule has 0 aliphatic carbocycles. The van der Waals surface area contributed by atoms with Gasteiger partial charge in [0, 0.05) is 17.5 Å². The summed E-state index contributed by atoms with van der Waals surface area (Å²) in [5.74, 6) is -0.237. The topological polar surface area (TPSA) is 70.6 Å². The van der Waals surface area contributed by atoms with Crippen molar-refractivity contribution in [3.8, 4) is 0 Å². The van der Waals surface area contributed by atoms with Gasteiger partial charge in [0.25, 0.3) is 11.8 Å². The van der Waals surface area contributed by atoms with Gasteiger partial charge in [-0.2, -0.15) is 0 Å². The summed E-state index contributed by atoms with van der Waals surface area (Å²) in [4.78, 5) is 30.5. The number of carbonyl (C=O) groups is 2. The van der Waals surface area contributed by atoms with Crippen molar-refractivity contribution in [3.05, 3.63) is 108 Å². The third-order valence-corrected chi connectivity index (χ3v) is 4.62. The SMILES string of the molecule is O=C(NC1(Cc2ccccc2)N=C(c2ccccc2)NC1=O)c1ccccc1. The number of hydrogen-bond donors (Lipinski definition) is 2. The third-order valence-electron chi connectivity index (χ3n) is 4.62. The van der Waals surface area contributed by atoms with Crippen molar-refractivity contribution < 1.29 is 9.59 Å². The lowest BCUT2D eigenvalue weighted by Crippen LogP contribution is -2.55. The van der Waals surface area contributed by atoms with E-state index in [-0.39, 0.29) is 18.2 Å². The van der Waals surface area contributed by atoms with Crippen molar-refractivity contribution in [1.29, 1.82) is 0 Å². The Hall–Kier alpha value is -3.73. The van der Waals surface area contributed by atoms with E-state index in [0.29, 0.717) is 11.4 Å². The lowest BCUT2D eigenvalue weighted by atomic mass is 9.99. The summed E-state index contributed by atoms with van der Waals surface area (Å²) < 4.78 is 0. The van der Waals surface area contributed by atoms with Crippen molar-refractivity contribution in [3.63, 3.8) is 0 Å². The molecule has 3 aromatic rings. The van der Waals surface area contributed by atoms with Gasteiger partial charge in [0.1, 0.15) is 5.84 Å². The first kappa shape index (κ1) is 17.7. The lowest BCUT2D eigenvalue weighted by molar-refractivity contribution is -0.124. The molecular formula is C23H19N3O2. The Bertz CT molecular complexity index is 1020. The van der Waals surface area contributed by atoms with Crippen LogP contribution in [0.25, 0.3) is 0 Å². The van der Waals surface area contributed by atoms with Gasteiger partial charge in [-0.25, -0.2) is 4.99 Å². The maximum atomic E-state index is 13.0. The molecular weight excluding hydrogens is 350 g/mol. The molecule has 28 heavy (non-hydrogen) atoms. The molecule has 0 spiro atoms. The van der Waals surface area contributed by atoms with E-state index in [1.807, 2.05) is 66.7 Å². The zero-order chi connectivity index (χ0) is 19.4. The molecule has 5 nitrogen and oxygen atoms in total. The molecule has 5 heteroatoms. The highest BCUT2D eigenvalue weighted by molar-refractivity contribution is 6.16. The van der Waals surface area contributed by atoms with Crippen molar-refractivity contribution in [2.24, 2.45) is 4.99 Å². The summed E-state index contributed by atoms with van der Waals surface area (Å²) in [6, 6.07) is 27.8. The normalized spacial score (nSPS) is 18.3. The molecule has 1 atom stereocenters. The van der Waals surface area contributed by atoms with E-state index in [0.717, 1.165) is 11.1 Å². The fourth-order valence-corrected chi connectivity index (χ4v) is 3.20. The summed E-state index contributed by atoms with van der Waals surface area (Å²) in [5, 5.41) is 5.70. The van der Waals surface area contributed by atoms with Crippen LogP contribution in [0.5, 0.6) is 0 Å². The van der Waals surface area contributed by atoms with Gasteiger partial charge in [-0.3, -0.25) is 9.59 Å². The summed E-state index contributed by atoms with van der Waals surface area (Å²) in [6.45, 7) is 0. The van der Waals surface area contributed by atoms with Crippen molar-refractivity contribution >= 4 is 17.6 Å². The molecule has 0 fully saturated rings. The van der Waals surface area contributed by atoms with Crippen LogP contribution in [0.1, 0.15) is 21.5 Å². The number of rotatable bonds is 5. The second-order valence-corrected chi connectivity index (χ2v) is 6.62. The lowest BCUT2D eigenvalue weighted by Gasteiger charge is -2.25. The Morgan fingerprint density at radius 1 is 0.857 bits per heavy atom. The fourth-order valence-electron chi connectivity index (χ4n) is 3.20. The van der Waals surface area contributed by atoms with E-state index in [1.54, 1.807) is 24.3 Å². The second kappa shape index (κ2) is 7.48. The zero-order valence-electron chi connectivity index (χ0n) is 15.1. The first-order valence-corrected chi connectivity index (χ1v) is 9.04. The largest absolute Gasteiger partial charge is 0.320 e. The molecule has 1 heterocycles. The molecule has 1 aliphatic heterocycles. The maximum Gasteiger partial charge on any atom is 0.274 e. The molecule has 4 rings (SSSR count).